The molecule has 0 aliphatic rings. The molecule has 0 fully saturated rings. The van der Waals surface area contributed by atoms with Crippen molar-refractivity contribution >= 4 is 29.3 Å². The molecule has 0 aliphatic carbocycles. The Labute approximate surface area is 151 Å². The number of benzene rings is 1. The second-order valence-electron chi connectivity index (χ2n) is 6.05. The minimum atomic E-state index is -0.498. The molecule has 1 aromatic carbocycles. The smallest absolute Gasteiger partial charge is 0.248 e. The van der Waals surface area contributed by atoms with Crippen LogP contribution in [0.5, 0.6) is 0 Å². The van der Waals surface area contributed by atoms with E-state index in [1.165, 1.54) is 11.8 Å². The highest BCUT2D eigenvalue weighted by molar-refractivity contribution is 8.00. The van der Waals surface area contributed by atoms with Crippen molar-refractivity contribution < 1.29 is 9.59 Å². The third-order valence-electron chi connectivity index (χ3n) is 3.47. The quantitative estimate of drug-likeness (QED) is 0.611. The Balaban J connectivity index is 2.04. The van der Waals surface area contributed by atoms with E-state index in [4.69, 9.17) is 5.73 Å². The van der Waals surface area contributed by atoms with Gasteiger partial charge in [-0.15, -0.1) is 0 Å². The van der Waals surface area contributed by atoms with E-state index in [2.05, 4.69) is 15.3 Å². The van der Waals surface area contributed by atoms with Gasteiger partial charge in [-0.2, -0.15) is 0 Å². The highest BCUT2D eigenvalue weighted by Crippen LogP contribution is 2.24. The van der Waals surface area contributed by atoms with E-state index in [9.17, 15) is 9.59 Å². The minimum absolute atomic E-state index is 0.140. The summed E-state index contributed by atoms with van der Waals surface area (Å²) in [5.41, 5.74) is 7.10. The van der Waals surface area contributed by atoms with Crippen LogP contribution in [-0.4, -0.2) is 27.0 Å². The number of rotatable bonds is 6. The van der Waals surface area contributed by atoms with Crippen LogP contribution in [0.1, 0.15) is 48.6 Å². The lowest BCUT2D eigenvalue weighted by atomic mass is 10.2. The van der Waals surface area contributed by atoms with E-state index in [1.807, 2.05) is 33.8 Å². The number of carbonyl (C=O) groups is 2. The van der Waals surface area contributed by atoms with Crippen molar-refractivity contribution in [2.75, 3.05) is 5.32 Å². The van der Waals surface area contributed by atoms with Crippen molar-refractivity contribution in [1.82, 2.24) is 9.97 Å². The number of nitrogens with one attached hydrogen (secondary N) is 1. The first-order valence-electron chi connectivity index (χ1n) is 7.99. The SMILES string of the molecule is Cc1cc(S[C@H](C)C(=O)Nc2ccc(C(N)=O)cc2)nc(C(C)C)n1. The first kappa shape index (κ1) is 18.9. The van der Waals surface area contributed by atoms with E-state index >= 15 is 0 Å². The molecule has 0 spiro atoms. The monoisotopic (exact) mass is 358 g/mol. The molecule has 0 saturated carbocycles. The van der Waals surface area contributed by atoms with Crippen LogP contribution >= 0.6 is 11.8 Å². The van der Waals surface area contributed by atoms with E-state index in [1.54, 1.807) is 24.3 Å². The number of thioether (sulfide) groups is 1. The van der Waals surface area contributed by atoms with Gasteiger partial charge in [-0.25, -0.2) is 9.97 Å². The molecule has 3 N–H and O–H groups in total. The highest BCUT2D eigenvalue weighted by atomic mass is 32.2. The summed E-state index contributed by atoms with van der Waals surface area (Å²) < 4.78 is 0. The van der Waals surface area contributed by atoms with E-state index in [0.29, 0.717) is 11.3 Å². The van der Waals surface area contributed by atoms with Gasteiger partial charge in [-0.05, 0) is 44.2 Å². The first-order chi connectivity index (χ1) is 11.8. The van der Waals surface area contributed by atoms with Gasteiger partial charge in [0.2, 0.25) is 11.8 Å². The Hall–Kier alpha value is -2.41. The molecule has 0 bridgehead atoms. The molecule has 1 heterocycles. The van der Waals surface area contributed by atoms with E-state index in [0.717, 1.165) is 16.5 Å². The maximum atomic E-state index is 12.4. The summed E-state index contributed by atoms with van der Waals surface area (Å²) in [7, 11) is 0. The maximum Gasteiger partial charge on any atom is 0.248 e. The standard InChI is InChI=1S/C18H22N4O2S/c1-10(2)17-20-11(3)9-15(22-17)25-12(4)18(24)21-14-7-5-13(6-8-14)16(19)23/h5-10,12H,1-4H3,(H2,19,23)(H,21,24)/t12-/m1/s1. The van der Waals surface area contributed by atoms with Gasteiger partial charge in [0.05, 0.1) is 5.25 Å². The summed E-state index contributed by atoms with van der Waals surface area (Å²) in [4.78, 5) is 32.4. The molecule has 0 saturated heterocycles. The van der Waals surface area contributed by atoms with Crippen molar-refractivity contribution in [3.63, 3.8) is 0 Å². The number of aryl methyl sites for hydroxylation is 1. The van der Waals surface area contributed by atoms with Crippen LogP contribution in [0.3, 0.4) is 0 Å². The lowest BCUT2D eigenvalue weighted by Crippen LogP contribution is -2.22. The van der Waals surface area contributed by atoms with Crippen LogP contribution in [0.4, 0.5) is 5.69 Å². The lowest BCUT2D eigenvalue weighted by molar-refractivity contribution is -0.115. The summed E-state index contributed by atoms with van der Waals surface area (Å²) in [6.45, 7) is 7.82. The Bertz CT molecular complexity index is 775. The van der Waals surface area contributed by atoms with Gasteiger partial charge in [0, 0.05) is 22.9 Å². The number of carbonyl (C=O) groups excluding carboxylic acids is 2. The number of hydrogen-bond acceptors (Lipinski definition) is 5. The molecule has 2 amide bonds. The Morgan fingerprint density at radius 1 is 1.12 bits per heavy atom. The number of aromatic nitrogens is 2. The van der Waals surface area contributed by atoms with Crippen LogP contribution < -0.4 is 11.1 Å². The molecule has 132 valence electrons. The van der Waals surface area contributed by atoms with Crippen LogP contribution in [0, 0.1) is 6.92 Å². The fourth-order valence-electron chi connectivity index (χ4n) is 2.08. The largest absolute Gasteiger partial charge is 0.366 e. The second kappa shape index (κ2) is 8.11. The molecule has 1 atom stereocenters. The van der Waals surface area contributed by atoms with Crippen LogP contribution in [-0.2, 0) is 4.79 Å². The topological polar surface area (TPSA) is 98.0 Å². The third-order valence-corrected chi connectivity index (χ3v) is 4.49. The Kier molecular flexibility index (Phi) is 6.14. The molecule has 7 heteroatoms. The molecule has 6 nitrogen and oxygen atoms in total. The minimum Gasteiger partial charge on any atom is -0.366 e. The summed E-state index contributed by atoms with van der Waals surface area (Å²) in [5.74, 6) is 0.366. The summed E-state index contributed by atoms with van der Waals surface area (Å²) in [6, 6.07) is 8.35. The van der Waals surface area contributed by atoms with Crippen LogP contribution in [0.25, 0.3) is 0 Å². The Morgan fingerprint density at radius 3 is 2.32 bits per heavy atom. The van der Waals surface area contributed by atoms with E-state index < -0.39 is 5.91 Å². The predicted octanol–water partition coefficient (Wildman–Crippen LogP) is 3.13. The average molecular weight is 358 g/mol. The van der Waals surface area contributed by atoms with Gasteiger partial charge >= 0.3 is 0 Å². The zero-order valence-electron chi connectivity index (χ0n) is 14.7. The van der Waals surface area contributed by atoms with Crippen LogP contribution in [0.2, 0.25) is 0 Å². The van der Waals surface area contributed by atoms with Crippen molar-refractivity contribution in [3.8, 4) is 0 Å². The molecular formula is C18H22N4O2S. The van der Waals surface area contributed by atoms with Gasteiger partial charge < -0.3 is 11.1 Å². The molecule has 25 heavy (non-hydrogen) atoms. The van der Waals surface area contributed by atoms with Crippen molar-refractivity contribution in [1.29, 1.82) is 0 Å². The van der Waals surface area contributed by atoms with E-state index in [-0.39, 0.29) is 17.1 Å². The third kappa shape index (κ3) is 5.29. The summed E-state index contributed by atoms with van der Waals surface area (Å²) in [6.07, 6.45) is 0. The fraction of sp³-hybridized carbons (Fsp3) is 0.333. The molecule has 0 radical (unpaired) electrons. The number of amides is 2. The first-order valence-corrected chi connectivity index (χ1v) is 8.87. The number of hydrogen-bond donors (Lipinski definition) is 2. The molecule has 0 unspecified atom stereocenters. The van der Waals surface area contributed by atoms with Crippen molar-refractivity contribution in [3.05, 3.63) is 47.4 Å². The molecule has 2 aromatic rings. The maximum absolute atomic E-state index is 12.4. The Morgan fingerprint density at radius 2 is 1.76 bits per heavy atom. The molecule has 1 aromatic heterocycles. The highest BCUT2D eigenvalue weighted by Gasteiger charge is 2.17. The average Bonchev–Trinajstić information content (AvgIpc) is 2.54. The van der Waals surface area contributed by atoms with Gasteiger partial charge in [0.25, 0.3) is 0 Å². The lowest BCUT2D eigenvalue weighted by Gasteiger charge is -2.13. The fourth-order valence-corrected chi connectivity index (χ4v) is 2.99. The van der Waals surface area contributed by atoms with Crippen LogP contribution in [0.15, 0.2) is 35.4 Å². The van der Waals surface area contributed by atoms with Crippen molar-refractivity contribution in [2.24, 2.45) is 5.73 Å². The van der Waals surface area contributed by atoms with Gasteiger partial charge in [0.15, 0.2) is 0 Å². The molecule has 0 aliphatic heterocycles. The predicted molar refractivity (Wildman–Crippen MR) is 99.8 cm³/mol. The molecular weight excluding hydrogens is 336 g/mol. The zero-order chi connectivity index (χ0) is 18.6. The van der Waals surface area contributed by atoms with Crippen molar-refractivity contribution in [2.45, 2.75) is 43.9 Å². The number of anilines is 1. The van der Waals surface area contributed by atoms with Gasteiger partial charge in [-0.3, -0.25) is 9.59 Å². The van der Waals surface area contributed by atoms with Gasteiger partial charge in [-0.1, -0.05) is 25.6 Å². The molecule has 2 rings (SSSR count). The normalized spacial score (nSPS) is 12.0. The zero-order valence-corrected chi connectivity index (χ0v) is 15.6. The summed E-state index contributed by atoms with van der Waals surface area (Å²) >= 11 is 1.39. The second-order valence-corrected chi connectivity index (χ2v) is 7.41. The number of primary amides is 1. The van der Waals surface area contributed by atoms with Gasteiger partial charge in [0.1, 0.15) is 10.9 Å². The summed E-state index contributed by atoms with van der Waals surface area (Å²) in [5, 5.41) is 3.28. The number of nitrogens with two attached hydrogens (primary N) is 1. The number of nitrogens with zero attached hydrogens (tertiary/aromatic N) is 2.